The molecule has 0 N–H and O–H groups in total. The first kappa shape index (κ1) is 9.51. The normalized spacial score (nSPS) is 9.77. The molecule has 0 saturated carbocycles. The van der Waals surface area contributed by atoms with Crippen LogP contribution in [-0.4, -0.2) is 12.1 Å². The molecule has 0 spiro atoms. The summed E-state index contributed by atoms with van der Waals surface area (Å²) in [6.07, 6.45) is 0.237. The highest BCUT2D eigenvalue weighted by Crippen LogP contribution is 2.15. The molecule has 0 bridgehead atoms. The van der Waals surface area contributed by atoms with Gasteiger partial charge in [0.15, 0.2) is 12.1 Å². The van der Waals surface area contributed by atoms with Crippen LogP contribution < -0.4 is 0 Å². The molecule has 0 unspecified atom stereocenters. The summed E-state index contributed by atoms with van der Waals surface area (Å²) in [5.41, 5.74) is -0.976. The van der Waals surface area contributed by atoms with Gasteiger partial charge in [0, 0.05) is 0 Å². The molecule has 4 heteroatoms. The van der Waals surface area contributed by atoms with E-state index < -0.39 is 23.0 Å². The summed E-state index contributed by atoms with van der Waals surface area (Å²) in [5, 5.41) is 0. The van der Waals surface area contributed by atoms with E-state index in [0.29, 0.717) is 0 Å². The standard InChI is InChI=1S/C9H6F2O2/c1-5(13)8-7(10)3-2-6(4-12)9(8)11/h2-4H,1H3. The minimum atomic E-state index is -1.09. The molecule has 1 aromatic carbocycles. The number of carbonyl (C=O) groups excluding carboxylic acids is 2. The molecule has 1 aromatic rings. The molecule has 0 atom stereocenters. The van der Waals surface area contributed by atoms with E-state index in [4.69, 9.17) is 0 Å². The molecular weight excluding hydrogens is 178 g/mol. The predicted octanol–water partition coefficient (Wildman–Crippen LogP) is 1.98. The zero-order chi connectivity index (χ0) is 10.0. The van der Waals surface area contributed by atoms with Crippen molar-refractivity contribution < 1.29 is 18.4 Å². The molecule has 0 amide bonds. The van der Waals surface area contributed by atoms with Gasteiger partial charge in [-0.2, -0.15) is 0 Å². The van der Waals surface area contributed by atoms with Gasteiger partial charge in [0.05, 0.1) is 11.1 Å². The Labute approximate surface area is 73.2 Å². The molecule has 0 fully saturated rings. The molecule has 0 heterocycles. The van der Waals surface area contributed by atoms with Gasteiger partial charge in [-0.3, -0.25) is 9.59 Å². The highest BCUT2D eigenvalue weighted by atomic mass is 19.1. The van der Waals surface area contributed by atoms with Crippen molar-refractivity contribution in [1.82, 2.24) is 0 Å². The molecule has 13 heavy (non-hydrogen) atoms. The van der Waals surface area contributed by atoms with Crippen molar-refractivity contribution in [2.24, 2.45) is 0 Å². The van der Waals surface area contributed by atoms with Crippen molar-refractivity contribution in [2.75, 3.05) is 0 Å². The number of carbonyl (C=O) groups is 2. The van der Waals surface area contributed by atoms with Crippen LogP contribution in [0.2, 0.25) is 0 Å². The Balaban J connectivity index is 3.47. The van der Waals surface area contributed by atoms with Crippen molar-refractivity contribution in [3.8, 4) is 0 Å². The van der Waals surface area contributed by atoms with Crippen LogP contribution in [-0.2, 0) is 0 Å². The maximum absolute atomic E-state index is 13.1. The largest absolute Gasteiger partial charge is 0.298 e. The van der Waals surface area contributed by atoms with Crippen LogP contribution in [0, 0.1) is 11.6 Å². The van der Waals surface area contributed by atoms with Gasteiger partial charge in [-0.05, 0) is 19.1 Å². The van der Waals surface area contributed by atoms with Gasteiger partial charge < -0.3 is 0 Å². The molecule has 0 aliphatic carbocycles. The third-order valence-corrected chi connectivity index (χ3v) is 1.60. The average Bonchev–Trinajstić information content (AvgIpc) is 2.04. The monoisotopic (exact) mass is 184 g/mol. The van der Waals surface area contributed by atoms with Crippen LogP contribution >= 0.6 is 0 Å². The first-order valence-corrected chi connectivity index (χ1v) is 3.52. The fourth-order valence-corrected chi connectivity index (χ4v) is 0.982. The highest BCUT2D eigenvalue weighted by Gasteiger charge is 2.16. The van der Waals surface area contributed by atoms with E-state index in [9.17, 15) is 18.4 Å². The second kappa shape index (κ2) is 3.43. The van der Waals surface area contributed by atoms with Gasteiger partial charge >= 0.3 is 0 Å². The summed E-state index contributed by atoms with van der Waals surface area (Å²) < 4.78 is 25.9. The lowest BCUT2D eigenvalue weighted by atomic mass is 10.1. The summed E-state index contributed by atoms with van der Waals surface area (Å²) in [6.45, 7) is 1.04. The van der Waals surface area contributed by atoms with E-state index in [0.717, 1.165) is 19.1 Å². The lowest BCUT2D eigenvalue weighted by Gasteiger charge is -2.01. The van der Waals surface area contributed by atoms with Crippen LogP contribution in [0.3, 0.4) is 0 Å². The zero-order valence-corrected chi connectivity index (χ0v) is 6.80. The molecule has 0 saturated heterocycles. The van der Waals surface area contributed by atoms with E-state index in [1.807, 2.05) is 0 Å². The van der Waals surface area contributed by atoms with Gasteiger partial charge in [0.2, 0.25) is 0 Å². The second-order valence-electron chi connectivity index (χ2n) is 2.50. The third kappa shape index (κ3) is 1.61. The van der Waals surface area contributed by atoms with Crippen LogP contribution in [0.5, 0.6) is 0 Å². The highest BCUT2D eigenvalue weighted by molar-refractivity contribution is 5.96. The SMILES string of the molecule is CC(=O)c1c(F)ccc(C=O)c1F. The fraction of sp³-hybridized carbons (Fsp3) is 0.111. The van der Waals surface area contributed by atoms with Gasteiger partial charge in [-0.15, -0.1) is 0 Å². The van der Waals surface area contributed by atoms with Crippen LogP contribution in [0.1, 0.15) is 27.6 Å². The quantitative estimate of drug-likeness (QED) is 0.520. The number of aldehydes is 1. The van der Waals surface area contributed by atoms with Crippen molar-refractivity contribution in [2.45, 2.75) is 6.92 Å². The Morgan fingerprint density at radius 3 is 2.46 bits per heavy atom. The summed E-state index contributed by atoms with van der Waals surface area (Å²) in [4.78, 5) is 21.0. The number of benzene rings is 1. The fourth-order valence-electron chi connectivity index (χ4n) is 0.982. The third-order valence-electron chi connectivity index (χ3n) is 1.60. The maximum atomic E-state index is 13.1. The molecule has 2 nitrogen and oxygen atoms in total. The van der Waals surface area contributed by atoms with Crippen molar-refractivity contribution in [3.63, 3.8) is 0 Å². The van der Waals surface area contributed by atoms with Crippen LogP contribution in [0.4, 0.5) is 8.78 Å². The Kier molecular flexibility index (Phi) is 2.51. The maximum Gasteiger partial charge on any atom is 0.165 e. The molecule has 1 rings (SSSR count). The Hall–Kier alpha value is -1.58. The minimum absolute atomic E-state index is 0.237. The molecular formula is C9H6F2O2. The smallest absolute Gasteiger partial charge is 0.165 e. The van der Waals surface area contributed by atoms with E-state index >= 15 is 0 Å². The first-order valence-electron chi connectivity index (χ1n) is 3.52. The summed E-state index contributed by atoms with van der Waals surface area (Å²) in [6, 6.07) is 1.88. The first-order chi connectivity index (χ1) is 6.07. The van der Waals surface area contributed by atoms with Crippen molar-refractivity contribution >= 4 is 12.1 Å². The summed E-state index contributed by atoms with van der Waals surface area (Å²) >= 11 is 0. The molecule has 0 aliphatic rings. The number of hydrogen-bond donors (Lipinski definition) is 0. The van der Waals surface area contributed by atoms with E-state index in [-0.39, 0.29) is 11.8 Å². The van der Waals surface area contributed by atoms with Crippen molar-refractivity contribution in [3.05, 3.63) is 34.9 Å². The topological polar surface area (TPSA) is 34.1 Å². The molecule has 0 aromatic heterocycles. The number of ketones is 1. The number of hydrogen-bond acceptors (Lipinski definition) is 2. The zero-order valence-electron chi connectivity index (χ0n) is 6.80. The van der Waals surface area contributed by atoms with Gasteiger partial charge in [-0.1, -0.05) is 0 Å². The van der Waals surface area contributed by atoms with Crippen LogP contribution in [0.15, 0.2) is 12.1 Å². The Morgan fingerprint density at radius 1 is 1.38 bits per heavy atom. The van der Waals surface area contributed by atoms with Gasteiger partial charge in [-0.25, -0.2) is 8.78 Å². The van der Waals surface area contributed by atoms with Crippen LogP contribution in [0.25, 0.3) is 0 Å². The number of rotatable bonds is 2. The molecule has 68 valence electrons. The minimum Gasteiger partial charge on any atom is -0.298 e. The lowest BCUT2D eigenvalue weighted by molar-refractivity contribution is 0.100. The van der Waals surface area contributed by atoms with E-state index in [2.05, 4.69) is 0 Å². The average molecular weight is 184 g/mol. The Morgan fingerprint density at radius 2 is 2.00 bits per heavy atom. The Bertz CT molecular complexity index is 372. The van der Waals surface area contributed by atoms with E-state index in [1.54, 1.807) is 0 Å². The lowest BCUT2D eigenvalue weighted by Crippen LogP contribution is -2.04. The van der Waals surface area contributed by atoms with Crippen molar-refractivity contribution in [1.29, 1.82) is 0 Å². The van der Waals surface area contributed by atoms with E-state index in [1.165, 1.54) is 0 Å². The second-order valence-corrected chi connectivity index (χ2v) is 2.50. The predicted molar refractivity (Wildman–Crippen MR) is 41.8 cm³/mol. The summed E-state index contributed by atoms with van der Waals surface area (Å²) in [7, 11) is 0. The summed E-state index contributed by atoms with van der Waals surface area (Å²) in [5.74, 6) is -2.78. The number of halogens is 2. The van der Waals surface area contributed by atoms with Gasteiger partial charge in [0.25, 0.3) is 0 Å². The van der Waals surface area contributed by atoms with Gasteiger partial charge in [0.1, 0.15) is 11.6 Å². The molecule has 0 aliphatic heterocycles. The number of Topliss-reactive ketones (excluding diaryl/α,β-unsaturated/α-hetero) is 1. The molecule has 0 radical (unpaired) electrons.